The van der Waals surface area contributed by atoms with E-state index in [-0.39, 0.29) is 17.5 Å². The first-order chi connectivity index (χ1) is 10.5. The van der Waals surface area contributed by atoms with E-state index in [9.17, 15) is 9.59 Å². The second-order valence-electron chi connectivity index (χ2n) is 4.94. The maximum absolute atomic E-state index is 12.3. The van der Waals surface area contributed by atoms with Gasteiger partial charge in [-0.05, 0) is 38.1 Å². The summed E-state index contributed by atoms with van der Waals surface area (Å²) in [6, 6.07) is 4.69. The number of benzene rings is 1. The van der Waals surface area contributed by atoms with Crippen molar-refractivity contribution in [3.8, 4) is 6.07 Å². The second kappa shape index (κ2) is 8.15. The Bertz CT molecular complexity index is 605. The lowest BCUT2D eigenvalue weighted by atomic mass is 10.0. The van der Waals surface area contributed by atoms with Crippen molar-refractivity contribution in [2.75, 3.05) is 19.5 Å². The predicted octanol–water partition coefficient (Wildman–Crippen LogP) is 1.98. The molecule has 118 valence electrons. The largest absolute Gasteiger partial charge is 0.465 e. The van der Waals surface area contributed by atoms with Crippen molar-refractivity contribution in [2.24, 2.45) is 0 Å². The van der Waals surface area contributed by atoms with Crippen LogP contribution in [-0.4, -0.2) is 32.1 Å². The zero-order valence-electron chi connectivity index (χ0n) is 13.3. The molecule has 22 heavy (non-hydrogen) atoms. The Kier molecular flexibility index (Phi) is 6.54. The van der Waals surface area contributed by atoms with Crippen LogP contribution < -0.4 is 10.6 Å². The molecule has 6 heteroatoms. The SMILES string of the molecule is CCCC(NC)C(=O)Nc1c(C)cc(C#N)cc1C(=O)OC. The Morgan fingerprint density at radius 3 is 2.59 bits per heavy atom. The third-order valence-corrected chi connectivity index (χ3v) is 3.36. The molecule has 1 aromatic rings. The number of rotatable bonds is 6. The van der Waals surface area contributed by atoms with Crippen LogP contribution in [0.1, 0.15) is 41.3 Å². The maximum Gasteiger partial charge on any atom is 0.340 e. The van der Waals surface area contributed by atoms with E-state index < -0.39 is 5.97 Å². The minimum absolute atomic E-state index is 0.179. The molecule has 2 N–H and O–H groups in total. The molecule has 0 saturated heterocycles. The topological polar surface area (TPSA) is 91.2 Å². The number of amides is 1. The first kappa shape index (κ1) is 17.7. The molecule has 0 fully saturated rings. The number of anilines is 1. The molecule has 6 nitrogen and oxygen atoms in total. The lowest BCUT2D eigenvalue weighted by molar-refractivity contribution is -0.118. The van der Waals surface area contributed by atoms with Crippen LogP contribution in [0.15, 0.2) is 12.1 Å². The van der Waals surface area contributed by atoms with Crippen LogP contribution in [0, 0.1) is 18.3 Å². The summed E-state index contributed by atoms with van der Waals surface area (Å²) in [5.41, 5.74) is 1.54. The zero-order valence-corrected chi connectivity index (χ0v) is 13.3. The van der Waals surface area contributed by atoms with Gasteiger partial charge in [-0.1, -0.05) is 13.3 Å². The van der Waals surface area contributed by atoms with Crippen molar-refractivity contribution in [1.82, 2.24) is 5.32 Å². The Hall–Kier alpha value is -2.39. The highest BCUT2D eigenvalue weighted by Gasteiger charge is 2.21. The minimum Gasteiger partial charge on any atom is -0.465 e. The summed E-state index contributed by atoms with van der Waals surface area (Å²) in [6.45, 7) is 3.72. The monoisotopic (exact) mass is 303 g/mol. The van der Waals surface area contributed by atoms with Gasteiger partial charge >= 0.3 is 5.97 Å². The fourth-order valence-electron chi connectivity index (χ4n) is 2.19. The van der Waals surface area contributed by atoms with E-state index >= 15 is 0 Å². The number of nitrogens with zero attached hydrogens (tertiary/aromatic N) is 1. The summed E-state index contributed by atoms with van der Waals surface area (Å²) in [5.74, 6) is -0.811. The van der Waals surface area contributed by atoms with Crippen molar-refractivity contribution in [2.45, 2.75) is 32.7 Å². The van der Waals surface area contributed by atoms with Crippen LogP contribution in [-0.2, 0) is 9.53 Å². The molecule has 1 rings (SSSR count). The van der Waals surface area contributed by atoms with Crippen molar-refractivity contribution < 1.29 is 14.3 Å². The molecule has 1 unspecified atom stereocenters. The van der Waals surface area contributed by atoms with Crippen molar-refractivity contribution in [3.63, 3.8) is 0 Å². The maximum atomic E-state index is 12.3. The van der Waals surface area contributed by atoms with Crippen molar-refractivity contribution >= 4 is 17.6 Å². The van der Waals surface area contributed by atoms with Gasteiger partial charge in [-0.25, -0.2) is 4.79 Å². The Morgan fingerprint density at radius 1 is 1.41 bits per heavy atom. The standard InChI is InChI=1S/C16H21N3O3/c1-5-6-13(18-3)15(20)19-14-10(2)7-11(9-17)8-12(14)16(21)22-4/h7-8,13,18H,5-6H2,1-4H3,(H,19,20). The number of esters is 1. The van der Waals surface area contributed by atoms with E-state index in [0.717, 1.165) is 6.42 Å². The van der Waals surface area contributed by atoms with Gasteiger partial charge in [0.2, 0.25) is 5.91 Å². The van der Waals surface area contributed by atoms with Crippen LogP contribution in [0.3, 0.4) is 0 Å². The minimum atomic E-state index is -0.591. The van der Waals surface area contributed by atoms with Gasteiger partial charge in [0.05, 0.1) is 36.0 Å². The molecule has 0 aliphatic carbocycles. The molecule has 1 atom stereocenters. The third-order valence-electron chi connectivity index (χ3n) is 3.36. The van der Waals surface area contributed by atoms with Crippen LogP contribution in [0.4, 0.5) is 5.69 Å². The van der Waals surface area contributed by atoms with Crippen LogP contribution in [0.2, 0.25) is 0 Å². The average molecular weight is 303 g/mol. The fourth-order valence-corrected chi connectivity index (χ4v) is 2.19. The first-order valence-electron chi connectivity index (χ1n) is 7.09. The lowest BCUT2D eigenvalue weighted by Gasteiger charge is -2.18. The number of nitriles is 1. The van der Waals surface area contributed by atoms with Gasteiger partial charge in [-0.3, -0.25) is 4.79 Å². The summed E-state index contributed by atoms with van der Waals surface area (Å²) >= 11 is 0. The van der Waals surface area contributed by atoms with E-state index in [0.29, 0.717) is 23.2 Å². The summed E-state index contributed by atoms with van der Waals surface area (Å²) in [7, 11) is 2.97. The van der Waals surface area contributed by atoms with Gasteiger partial charge in [0.1, 0.15) is 0 Å². The molecule has 0 radical (unpaired) electrons. The number of likely N-dealkylation sites (N-methyl/N-ethyl adjacent to an activating group) is 1. The summed E-state index contributed by atoms with van der Waals surface area (Å²) in [5, 5.41) is 14.7. The molecule has 0 bridgehead atoms. The van der Waals surface area contributed by atoms with E-state index in [1.807, 2.05) is 13.0 Å². The molecule has 0 aromatic heterocycles. The summed E-state index contributed by atoms with van der Waals surface area (Å²) in [4.78, 5) is 24.2. The predicted molar refractivity (Wildman–Crippen MR) is 83.6 cm³/mol. The molecule has 1 amide bonds. The molecule has 0 aliphatic heterocycles. The van der Waals surface area contributed by atoms with Crippen molar-refractivity contribution in [1.29, 1.82) is 5.26 Å². The highest BCUT2D eigenvalue weighted by Crippen LogP contribution is 2.24. The van der Waals surface area contributed by atoms with Gasteiger partial charge in [-0.2, -0.15) is 5.26 Å². The highest BCUT2D eigenvalue weighted by molar-refractivity contribution is 6.04. The third kappa shape index (κ3) is 4.06. The van der Waals surface area contributed by atoms with E-state index in [2.05, 4.69) is 10.6 Å². The number of ether oxygens (including phenoxy) is 1. The van der Waals surface area contributed by atoms with Crippen LogP contribution in [0.25, 0.3) is 0 Å². The van der Waals surface area contributed by atoms with Gasteiger partial charge in [0, 0.05) is 0 Å². The van der Waals surface area contributed by atoms with Crippen molar-refractivity contribution in [3.05, 3.63) is 28.8 Å². The van der Waals surface area contributed by atoms with Gasteiger partial charge in [-0.15, -0.1) is 0 Å². The normalized spacial score (nSPS) is 11.4. The van der Waals surface area contributed by atoms with Gasteiger partial charge < -0.3 is 15.4 Å². The number of hydrogen-bond acceptors (Lipinski definition) is 5. The molecular formula is C16H21N3O3. The molecule has 0 aliphatic rings. The molecule has 1 aromatic carbocycles. The molecule has 0 heterocycles. The molecule has 0 spiro atoms. The summed E-state index contributed by atoms with van der Waals surface area (Å²) < 4.78 is 4.73. The van der Waals surface area contributed by atoms with E-state index in [4.69, 9.17) is 10.00 Å². The Labute approximate surface area is 130 Å². The first-order valence-corrected chi connectivity index (χ1v) is 7.09. The molecule has 0 saturated carbocycles. The number of nitrogens with one attached hydrogen (secondary N) is 2. The average Bonchev–Trinajstić information content (AvgIpc) is 2.53. The lowest BCUT2D eigenvalue weighted by Crippen LogP contribution is -2.38. The number of hydrogen-bond donors (Lipinski definition) is 2. The second-order valence-corrected chi connectivity index (χ2v) is 4.94. The van der Waals surface area contributed by atoms with Gasteiger partial charge in [0.25, 0.3) is 0 Å². The molecular weight excluding hydrogens is 282 g/mol. The quantitative estimate of drug-likeness (QED) is 0.784. The zero-order chi connectivity index (χ0) is 16.7. The van der Waals surface area contributed by atoms with Gasteiger partial charge in [0.15, 0.2) is 0 Å². The van der Waals surface area contributed by atoms with E-state index in [1.165, 1.54) is 13.2 Å². The van der Waals surface area contributed by atoms with E-state index in [1.54, 1.807) is 20.0 Å². The van der Waals surface area contributed by atoms with Crippen LogP contribution in [0.5, 0.6) is 0 Å². The van der Waals surface area contributed by atoms with Crippen LogP contribution >= 0.6 is 0 Å². The number of carbonyl (C=O) groups excluding carboxylic acids is 2. The fraction of sp³-hybridized carbons (Fsp3) is 0.438. The number of carbonyl (C=O) groups is 2. The Balaban J connectivity index is 3.20. The number of aryl methyl sites for hydroxylation is 1. The smallest absolute Gasteiger partial charge is 0.340 e. The number of methoxy groups -OCH3 is 1. The highest BCUT2D eigenvalue weighted by atomic mass is 16.5. The summed E-state index contributed by atoms with van der Waals surface area (Å²) in [6.07, 6.45) is 1.54. The Morgan fingerprint density at radius 2 is 2.09 bits per heavy atom.